The minimum atomic E-state index is 0.130. The summed E-state index contributed by atoms with van der Waals surface area (Å²) in [6.07, 6.45) is 21.9. The summed E-state index contributed by atoms with van der Waals surface area (Å²) in [5, 5.41) is 0. The van der Waals surface area contributed by atoms with E-state index in [9.17, 15) is 0 Å². The van der Waals surface area contributed by atoms with Crippen LogP contribution in [0.5, 0.6) is 0 Å². The highest BCUT2D eigenvalue weighted by Crippen LogP contribution is 2.38. The van der Waals surface area contributed by atoms with Gasteiger partial charge in [-0.3, -0.25) is 9.13 Å². The summed E-state index contributed by atoms with van der Waals surface area (Å²) in [5.41, 5.74) is 9.99. The molecule has 1 aliphatic rings. The van der Waals surface area contributed by atoms with E-state index in [-0.39, 0.29) is 6.04 Å². The highest BCUT2D eigenvalue weighted by atomic mass is 15.1. The van der Waals surface area contributed by atoms with Gasteiger partial charge in [0.15, 0.2) is 0 Å². The molecule has 0 aliphatic heterocycles. The van der Waals surface area contributed by atoms with Crippen LogP contribution in [-0.4, -0.2) is 28.7 Å². The molecule has 0 saturated carbocycles. The lowest BCUT2D eigenvalue weighted by atomic mass is 10.0. The van der Waals surface area contributed by atoms with Crippen LogP contribution in [0.3, 0.4) is 0 Å². The van der Waals surface area contributed by atoms with Crippen LogP contribution in [0.4, 0.5) is 0 Å². The molecule has 6 heteroatoms. The van der Waals surface area contributed by atoms with Crippen molar-refractivity contribution in [2.75, 3.05) is 0 Å². The predicted octanol–water partition coefficient (Wildman–Crippen LogP) is 11.4. The Kier molecular flexibility index (Phi) is 8.10. The fraction of sp³-hybridized carbons (Fsp3) is 0.0652. The first-order valence-corrected chi connectivity index (χ1v) is 17.7. The van der Waals surface area contributed by atoms with Gasteiger partial charge < -0.3 is 4.57 Å². The Morgan fingerprint density at radius 3 is 1.87 bits per heavy atom. The molecule has 6 nitrogen and oxygen atoms in total. The average Bonchev–Trinajstić information content (AvgIpc) is 3.90. The van der Waals surface area contributed by atoms with Crippen LogP contribution in [0.2, 0.25) is 0 Å². The summed E-state index contributed by atoms with van der Waals surface area (Å²) < 4.78 is 6.81. The molecule has 1 atom stereocenters. The van der Waals surface area contributed by atoms with Gasteiger partial charge in [0, 0.05) is 28.6 Å². The number of hydrogen-bond donors (Lipinski definition) is 0. The highest BCUT2D eigenvalue weighted by molar-refractivity contribution is 5.89. The first-order chi connectivity index (χ1) is 25.8. The zero-order chi connectivity index (χ0) is 34.9. The Bertz CT molecular complexity index is 2730. The van der Waals surface area contributed by atoms with E-state index in [0.717, 1.165) is 79.4 Å². The highest BCUT2D eigenvalue weighted by Gasteiger charge is 2.23. The maximum Gasteiger partial charge on any atom is 0.145 e. The molecule has 5 aromatic carbocycles. The SMILES string of the molecule is C\C=C/C=C\C=C\n1c(-c2cc(-c3nc4ccccc4n3-c3ccccc3)cc(-c3nc4ccccc4n3C3C=CC=CC3)c2)nc2ccccc21. The average molecular weight is 673 g/mol. The smallest absolute Gasteiger partial charge is 0.145 e. The Morgan fingerprint density at radius 2 is 1.13 bits per heavy atom. The fourth-order valence-electron chi connectivity index (χ4n) is 7.19. The third kappa shape index (κ3) is 5.60. The number of aromatic nitrogens is 6. The zero-order valence-electron chi connectivity index (χ0n) is 28.8. The van der Waals surface area contributed by atoms with Crippen molar-refractivity contribution in [3.05, 3.63) is 176 Å². The van der Waals surface area contributed by atoms with Gasteiger partial charge in [-0.25, -0.2) is 15.0 Å². The molecule has 0 saturated heterocycles. The molecule has 52 heavy (non-hydrogen) atoms. The van der Waals surface area contributed by atoms with Crippen molar-refractivity contribution in [3.63, 3.8) is 0 Å². The van der Waals surface area contributed by atoms with E-state index < -0.39 is 0 Å². The minimum absolute atomic E-state index is 0.130. The zero-order valence-corrected chi connectivity index (χ0v) is 28.8. The number of imidazole rings is 3. The number of benzene rings is 5. The van der Waals surface area contributed by atoms with Crippen LogP contribution in [-0.2, 0) is 0 Å². The van der Waals surface area contributed by atoms with Crippen molar-refractivity contribution in [2.45, 2.75) is 19.4 Å². The second kappa shape index (κ2) is 13.5. The van der Waals surface area contributed by atoms with Crippen molar-refractivity contribution < 1.29 is 0 Å². The Balaban J connectivity index is 1.34. The van der Waals surface area contributed by atoms with Crippen LogP contribution in [0.15, 0.2) is 176 Å². The van der Waals surface area contributed by atoms with Gasteiger partial charge in [0.2, 0.25) is 0 Å². The third-order valence-electron chi connectivity index (χ3n) is 9.53. The molecule has 0 fully saturated rings. The van der Waals surface area contributed by atoms with Gasteiger partial charge >= 0.3 is 0 Å². The topological polar surface area (TPSA) is 53.5 Å². The molecular formula is C46H36N6. The van der Waals surface area contributed by atoms with Crippen LogP contribution >= 0.6 is 0 Å². The lowest BCUT2D eigenvalue weighted by molar-refractivity contribution is 0.631. The molecule has 250 valence electrons. The maximum atomic E-state index is 5.32. The van der Waals surface area contributed by atoms with Gasteiger partial charge in [-0.1, -0.05) is 103 Å². The van der Waals surface area contributed by atoms with Gasteiger partial charge in [-0.15, -0.1) is 0 Å². The molecule has 0 N–H and O–H groups in total. The lowest BCUT2D eigenvalue weighted by Crippen LogP contribution is -2.09. The summed E-state index contributed by atoms with van der Waals surface area (Å²) in [6, 6.07) is 42.3. The molecule has 0 bridgehead atoms. The van der Waals surface area contributed by atoms with Gasteiger partial charge in [-0.2, -0.15) is 0 Å². The molecule has 0 radical (unpaired) electrons. The summed E-state index contributed by atoms with van der Waals surface area (Å²) >= 11 is 0. The summed E-state index contributed by atoms with van der Waals surface area (Å²) in [6.45, 7) is 2.02. The molecule has 3 aromatic heterocycles. The second-order valence-electron chi connectivity index (χ2n) is 12.9. The Labute approximate surface area is 302 Å². The normalized spacial score (nSPS) is 14.8. The van der Waals surface area contributed by atoms with Crippen LogP contribution in [0.1, 0.15) is 19.4 Å². The molecule has 0 spiro atoms. The number of para-hydroxylation sites is 7. The molecule has 0 amide bonds. The van der Waals surface area contributed by atoms with E-state index in [1.54, 1.807) is 0 Å². The monoisotopic (exact) mass is 672 g/mol. The van der Waals surface area contributed by atoms with E-state index >= 15 is 0 Å². The van der Waals surface area contributed by atoms with Gasteiger partial charge in [-0.05, 0) is 86.2 Å². The van der Waals surface area contributed by atoms with Crippen LogP contribution in [0, 0.1) is 0 Å². The van der Waals surface area contributed by atoms with Crippen molar-refractivity contribution in [2.24, 2.45) is 0 Å². The molecule has 3 heterocycles. The predicted molar refractivity (Wildman–Crippen MR) is 215 cm³/mol. The number of fused-ring (bicyclic) bond motifs is 3. The maximum absolute atomic E-state index is 5.32. The molecule has 1 unspecified atom stereocenters. The minimum Gasteiger partial charge on any atom is -0.317 e. The third-order valence-corrected chi connectivity index (χ3v) is 9.53. The summed E-state index contributed by atoms with van der Waals surface area (Å²) in [5.74, 6) is 2.60. The Morgan fingerprint density at radius 1 is 0.558 bits per heavy atom. The number of rotatable bonds is 8. The van der Waals surface area contributed by atoms with Crippen LogP contribution < -0.4 is 0 Å². The fourth-order valence-corrected chi connectivity index (χ4v) is 7.19. The van der Waals surface area contributed by atoms with Gasteiger partial charge in [0.25, 0.3) is 0 Å². The molecule has 8 aromatic rings. The first-order valence-electron chi connectivity index (χ1n) is 17.7. The van der Waals surface area contributed by atoms with Crippen LogP contribution in [0.25, 0.3) is 79.2 Å². The number of nitrogens with zero attached hydrogens (tertiary/aromatic N) is 6. The Hall–Kier alpha value is -6.79. The first kappa shape index (κ1) is 31.2. The van der Waals surface area contributed by atoms with E-state index in [1.807, 2.05) is 49.4 Å². The van der Waals surface area contributed by atoms with E-state index in [4.69, 9.17) is 15.0 Å². The lowest BCUT2D eigenvalue weighted by Gasteiger charge is -2.20. The molecule has 1 aliphatic carbocycles. The van der Waals surface area contributed by atoms with Crippen molar-refractivity contribution in [3.8, 4) is 39.9 Å². The van der Waals surface area contributed by atoms with Crippen molar-refractivity contribution >= 4 is 39.3 Å². The quantitative estimate of drug-likeness (QED) is 0.151. The number of hydrogen-bond acceptors (Lipinski definition) is 3. The van der Waals surface area contributed by atoms with E-state index in [1.165, 1.54) is 0 Å². The second-order valence-corrected chi connectivity index (χ2v) is 12.9. The molecule has 9 rings (SSSR count). The number of allylic oxidation sites excluding steroid dienone is 9. The molecular weight excluding hydrogens is 637 g/mol. The standard InChI is InChI=1S/C46H36N6/c1-2-3-4-5-18-29-50-41-26-15-12-23-38(41)47-44(50)33-30-34(45-48-39-24-13-16-27-42(39)51(45)36-19-8-6-9-20-36)32-35(31-33)46-49-40-25-14-17-28-43(40)52(46)37-21-10-7-11-22-37/h2-21,23-32,37H,22H2,1H3/b3-2-,5-4-,29-18+. The van der Waals surface area contributed by atoms with E-state index in [0.29, 0.717) is 0 Å². The van der Waals surface area contributed by atoms with E-state index in [2.05, 4.69) is 153 Å². The van der Waals surface area contributed by atoms with Crippen molar-refractivity contribution in [1.29, 1.82) is 0 Å². The summed E-state index contributed by atoms with van der Waals surface area (Å²) in [7, 11) is 0. The largest absolute Gasteiger partial charge is 0.317 e. The van der Waals surface area contributed by atoms with Gasteiger partial charge in [0.1, 0.15) is 17.5 Å². The van der Waals surface area contributed by atoms with Crippen molar-refractivity contribution in [1.82, 2.24) is 28.7 Å². The van der Waals surface area contributed by atoms with Gasteiger partial charge in [0.05, 0.1) is 39.1 Å². The summed E-state index contributed by atoms with van der Waals surface area (Å²) in [4.78, 5) is 15.8.